The summed E-state index contributed by atoms with van der Waals surface area (Å²) in [5.74, 6) is 2.55. The summed E-state index contributed by atoms with van der Waals surface area (Å²) in [6, 6.07) is 9.40. The molecule has 1 aliphatic rings. The highest BCUT2D eigenvalue weighted by molar-refractivity contribution is 5.96. The number of aliphatic hydroxyl groups is 2. The number of anilines is 1. The molecule has 0 bridgehead atoms. The summed E-state index contributed by atoms with van der Waals surface area (Å²) >= 11 is 0. The molecule has 0 aliphatic carbocycles. The van der Waals surface area contributed by atoms with E-state index in [-0.39, 0.29) is 19.1 Å². The van der Waals surface area contributed by atoms with E-state index >= 15 is 0 Å². The van der Waals surface area contributed by atoms with Crippen molar-refractivity contribution in [3.8, 4) is 23.0 Å². The van der Waals surface area contributed by atoms with E-state index in [1.807, 2.05) is 24.3 Å². The number of nitrogens with one attached hydrogen (secondary N) is 2. The van der Waals surface area contributed by atoms with Gasteiger partial charge in [-0.3, -0.25) is 4.79 Å². The lowest BCUT2D eigenvalue weighted by Crippen LogP contribution is -2.32. The zero-order valence-corrected chi connectivity index (χ0v) is 20.5. The minimum absolute atomic E-state index is 0.0615. The van der Waals surface area contributed by atoms with Gasteiger partial charge in [-0.15, -0.1) is 0 Å². The minimum Gasteiger partial charge on any atom is -0.493 e. The van der Waals surface area contributed by atoms with Crippen LogP contribution in [0.25, 0.3) is 0 Å². The predicted octanol–water partition coefficient (Wildman–Crippen LogP) is 2.31. The van der Waals surface area contributed by atoms with Gasteiger partial charge >= 0.3 is 0 Å². The van der Waals surface area contributed by atoms with Gasteiger partial charge < -0.3 is 39.8 Å². The van der Waals surface area contributed by atoms with Crippen molar-refractivity contribution in [1.29, 1.82) is 0 Å². The second-order valence-electron chi connectivity index (χ2n) is 8.35. The molecule has 0 radical (unpaired) electrons. The van der Waals surface area contributed by atoms with Crippen LogP contribution in [0.1, 0.15) is 30.4 Å². The molecule has 1 aliphatic heterocycles. The maximum absolute atomic E-state index is 11.9. The molecule has 9 heteroatoms. The Labute approximate surface area is 206 Å². The Morgan fingerprint density at radius 2 is 1.77 bits per heavy atom. The highest BCUT2D eigenvalue weighted by Gasteiger charge is 2.23. The number of rotatable bonds is 15. The van der Waals surface area contributed by atoms with Gasteiger partial charge in [0.05, 0.1) is 26.5 Å². The summed E-state index contributed by atoms with van der Waals surface area (Å²) in [6.07, 6.45) is 2.39. The fourth-order valence-electron chi connectivity index (χ4n) is 3.87. The van der Waals surface area contributed by atoms with Crippen molar-refractivity contribution in [2.45, 2.75) is 38.2 Å². The van der Waals surface area contributed by atoms with Gasteiger partial charge in [0.2, 0.25) is 5.91 Å². The first-order chi connectivity index (χ1) is 17.0. The van der Waals surface area contributed by atoms with Crippen LogP contribution in [0, 0.1) is 0 Å². The zero-order valence-electron chi connectivity index (χ0n) is 20.5. The molecule has 192 valence electrons. The minimum atomic E-state index is -0.691. The van der Waals surface area contributed by atoms with Crippen molar-refractivity contribution in [2.75, 3.05) is 52.4 Å². The SMILES string of the molecule is COc1ccc(CCNCC(O)COc2ccc(OCCCCO)c3c2CCC(=O)N3)cc1OC. The predicted molar refractivity (Wildman–Crippen MR) is 133 cm³/mol. The zero-order chi connectivity index (χ0) is 25.0. The number of benzene rings is 2. The van der Waals surface area contributed by atoms with Crippen molar-refractivity contribution >= 4 is 11.6 Å². The number of hydrogen-bond acceptors (Lipinski definition) is 8. The Morgan fingerprint density at radius 1 is 1.00 bits per heavy atom. The van der Waals surface area contributed by atoms with E-state index < -0.39 is 6.10 Å². The third kappa shape index (κ3) is 7.74. The Kier molecular flexibility index (Phi) is 10.5. The monoisotopic (exact) mass is 488 g/mol. The molecule has 1 unspecified atom stereocenters. The second-order valence-corrected chi connectivity index (χ2v) is 8.35. The smallest absolute Gasteiger partial charge is 0.224 e. The van der Waals surface area contributed by atoms with Gasteiger partial charge in [0.25, 0.3) is 0 Å². The molecular formula is C26H36N2O7. The molecule has 0 aromatic heterocycles. The van der Waals surface area contributed by atoms with Gasteiger partial charge in [0, 0.05) is 25.1 Å². The normalized spacial score (nSPS) is 13.5. The maximum atomic E-state index is 11.9. The Morgan fingerprint density at radius 3 is 2.54 bits per heavy atom. The van der Waals surface area contributed by atoms with Crippen LogP contribution in [-0.4, -0.2) is 69.4 Å². The van der Waals surface area contributed by atoms with Gasteiger partial charge in [-0.05, 0) is 62.1 Å². The number of unbranched alkanes of at least 4 members (excludes halogenated alkanes) is 1. The average molecular weight is 489 g/mol. The summed E-state index contributed by atoms with van der Waals surface area (Å²) < 4.78 is 22.3. The molecule has 2 aromatic rings. The standard InChI is InChI=1S/C26H36N2O7/c1-32-22-7-5-18(15-24(22)33-2)11-12-27-16-19(30)17-35-21-8-9-23(34-14-4-3-13-29)26-20(21)6-10-25(31)28-26/h5,7-9,15,19,27,29-30H,3-4,6,10-14,16-17H2,1-2H3,(H,28,31). The first-order valence-corrected chi connectivity index (χ1v) is 12.0. The van der Waals surface area contributed by atoms with Crippen molar-refractivity contribution in [2.24, 2.45) is 0 Å². The highest BCUT2D eigenvalue weighted by Crippen LogP contribution is 2.39. The summed E-state index contributed by atoms with van der Waals surface area (Å²) in [4.78, 5) is 11.9. The Balaban J connectivity index is 1.48. The second kappa shape index (κ2) is 13.8. The maximum Gasteiger partial charge on any atom is 0.224 e. The molecule has 1 atom stereocenters. The lowest BCUT2D eigenvalue weighted by atomic mass is 10.0. The van der Waals surface area contributed by atoms with E-state index in [0.717, 1.165) is 24.0 Å². The van der Waals surface area contributed by atoms with Gasteiger partial charge in [-0.1, -0.05) is 6.07 Å². The van der Waals surface area contributed by atoms with Crippen LogP contribution >= 0.6 is 0 Å². The average Bonchev–Trinajstić information content (AvgIpc) is 2.88. The van der Waals surface area contributed by atoms with Gasteiger partial charge in [-0.2, -0.15) is 0 Å². The number of hydrogen-bond donors (Lipinski definition) is 4. The molecule has 0 fully saturated rings. The van der Waals surface area contributed by atoms with Gasteiger partial charge in [0.15, 0.2) is 11.5 Å². The molecule has 0 saturated carbocycles. The first-order valence-electron chi connectivity index (χ1n) is 12.0. The Hall–Kier alpha value is -3.01. The molecule has 1 amide bonds. The van der Waals surface area contributed by atoms with Crippen LogP contribution in [-0.2, 0) is 17.6 Å². The largest absolute Gasteiger partial charge is 0.493 e. The molecule has 35 heavy (non-hydrogen) atoms. The van der Waals surface area contributed by atoms with Crippen LogP contribution in [0.15, 0.2) is 30.3 Å². The summed E-state index contributed by atoms with van der Waals surface area (Å²) in [7, 11) is 3.22. The van der Waals surface area contributed by atoms with Crippen molar-refractivity contribution in [1.82, 2.24) is 5.32 Å². The third-order valence-corrected chi connectivity index (χ3v) is 5.76. The number of aliphatic hydroxyl groups excluding tert-OH is 2. The molecule has 9 nitrogen and oxygen atoms in total. The van der Waals surface area contributed by atoms with Crippen LogP contribution in [0.4, 0.5) is 5.69 Å². The van der Waals surface area contributed by atoms with Crippen molar-refractivity contribution < 1.29 is 34.0 Å². The lowest BCUT2D eigenvalue weighted by molar-refractivity contribution is -0.116. The van der Waals surface area contributed by atoms with Crippen LogP contribution in [0.2, 0.25) is 0 Å². The van der Waals surface area contributed by atoms with Crippen LogP contribution in [0.5, 0.6) is 23.0 Å². The third-order valence-electron chi connectivity index (χ3n) is 5.76. The van der Waals surface area contributed by atoms with E-state index in [1.54, 1.807) is 20.3 Å². The van der Waals surface area contributed by atoms with E-state index in [0.29, 0.717) is 67.6 Å². The highest BCUT2D eigenvalue weighted by atomic mass is 16.5. The summed E-state index contributed by atoms with van der Waals surface area (Å²) in [5.41, 5.74) is 2.61. The molecule has 0 spiro atoms. The van der Waals surface area contributed by atoms with Crippen LogP contribution in [0.3, 0.4) is 0 Å². The van der Waals surface area contributed by atoms with Crippen molar-refractivity contribution in [3.05, 3.63) is 41.5 Å². The van der Waals surface area contributed by atoms with E-state index in [1.165, 1.54) is 0 Å². The Bertz CT molecular complexity index is 967. The van der Waals surface area contributed by atoms with Gasteiger partial charge in [-0.25, -0.2) is 0 Å². The number of carbonyl (C=O) groups is 1. The number of ether oxygens (including phenoxy) is 4. The molecule has 0 saturated heterocycles. The van der Waals surface area contributed by atoms with Crippen LogP contribution < -0.4 is 29.6 Å². The number of fused-ring (bicyclic) bond motifs is 1. The number of carbonyl (C=O) groups excluding carboxylic acids is 1. The molecule has 4 N–H and O–H groups in total. The fraction of sp³-hybridized carbons (Fsp3) is 0.500. The summed E-state index contributed by atoms with van der Waals surface area (Å²) in [6.45, 7) is 1.78. The topological polar surface area (TPSA) is 119 Å². The fourth-order valence-corrected chi connectivity index (χ4v) is 3.87. The van der Waals surface area contributed by atoms with Gasteiger partial charge in [0.1, 0.15) is 24.2 Å². The summed E-state index contributed by atoms with van der Waals surface area (Å²) in [5, 5.41) is 25.4. The lowest BCUT2D eigenvalue weighted by Gasteiger charge is -2.24. The number of amides is 1. The van der Waals surface area contributed by atoms with E-state index in [2.05, 4.69) is 10.6 Å². The first kappa shape index (κ1) is 26.6. The quantitative estimate of drug-likeness (QED) is 0.282. The number of methoxy groups -OCH3 is 2. The van der Waals surface area contributed by atoms with E-state index in [9.17, 15) is 9.90 Å². The van der Waals surface area contributed by atoms with E-state index in [4.69, 9.17) is 24.1 Å². The van der Waals surface area contributed by atoms with Crippen molar-refractivity contribution in [3.63, 3.8) is 0 Å². The molecule has 3 rings (SSSR count). The molecule has 2 aromatic carbocycles. The molecule has 1 heterocycles. The molecular weight excluding hydrogens is 452 g/mol.